The van der Waals surface area contributed by atoms with Gasteiger partial charge in [0.2, 0.25) is 10.0 Å². The second-order valence-electron chi connectivity index (χ2n) is 5.82. The van der Waals surface area contributed by atoms with Gasteiger partial charge in [0.05, 0.1) is 12.8 Å². The van der Waals surface area contributed by atoms with Crippen molar-refractivity contribution in [2.24, 2.45) is 0 Å². The zero-order valence-corrected chi connectivity index (χ0v) is 13.7. The molecule has 1 saturated carbocycles. The highest BCUT2D eigenvalue weighted by atomic mass is 32.2. The molecule has 1 aromatic heterocycles. The van der Waals surface area contributed by atoms with Gasteiger partial charge >= 0.3 is 0 Å². The quantitative estimate of drug-likeness (QED) is 0.906. The normalized spacial score (nSPS) is 16.1. The van der Waals surface area contributed by atoms with E-state index in [0.29, 0.717) is 11.6 Å². The van der Waals surface area contributed by atoms with Crippen molar-refractivity contribution in [2.45, 2.75) is 38.1 Å². The summed E-state index contributed by atoms with van der Waals surface area (Å²) in [6, 6.07) is 6.26. The van der Waals surface area contributed by atoms with Crippen molar-refractivity contribution < 1.29 is 12.8 Å². The number of aromatic nitrogens is 3. The van der Waals surface area contributed by atoms with Gasteiger partial charge in [-0.15, -0.1) is 0 Å². The lowest BCUT2D eigenvalue weighted by Gasteiger charge is -2.07. The SMILES string of the molecule is CS(=O)(=O)NCc1nc(C2CCCC2)nn1-c1ccccc1F. The summed E-state index contributed by atoms with van der Waals surface area (Å²) in [5.41, 5.74) is 0.273. The number of rotatable bonds is 5. The Morgan fingerprint density at radius 1 is 1.30 bits per heavy atom. The van der Waals surface area contributed by atoms with E-state index in [1.165, 1.54) is 10.7 Å². The summed E-state index contributed by atoms with van der Waals surface area (Å²) in [6.45, 7) is -0.0209. The van der Waals surface area contributed by atoms with E-state index in [2.05, 4.69) is 14.8 Å². The minimum absolute atomic E-state index is 0.0209. The van der Waals surface area contributed by atoms with Crippen LogP contribution in [0.25, 0.3) is 5.69 Å². The predicted molar refractivity (Wildman–Crippen MR) is 84.2 cm³/mol. The molecule has 3 rings (SSSR count). The third kappa shape index (κ3) is 3.76. The van der Waals surface area contributed by atoms with Crippen LogP contribution in [0.15, 0.2) is 24.3 Å². The molecule has 1 aliphatic carbocycles. The topological polar surface area (TPSA) is 76.9 Å². The highest BCUT2D eigenvalue weighted by molar-refractivity contribution is 7.88. The molecule has 2 aromatic rings. The first kappa shape index (κ1) is 16.1. The first-order valence-electron chi connectivity index (χ1n) is 7.59. The van der Waals surface area contributed by atoms with Crippen LogP contribution in [0, 0.1) is 5.82 Å². The molecule has 1 heterocycles. The van der Waals surface area contributed by atoms with Gasteiger partial charge in [0, 0.05) is 5.92 Å². The molecule has 6 nitrogen and oxygen atoms in total. The second-order valence-corrected chi connectivity index (χ2v) is 7.66. The monoisotopic (exact) mass is 338 g/mol. The summed E-state index contributed by atoms with van der Waals surface area (Å²) in [5.74, 6) is 0.898. The molecule has 8 heteroatoms. The average molecular weight is 338 g/mol. The Morgan fingerprint density at radius 2 is 2.00 bits per heavy atom. The molecule has 0 bridgehead atoms. The van der Waals surface area contributed by atoms with E-state index in [1.807, 2.05) is 0 Å². The van der Waals surface area contributed by atoms with Gasteiger partial charge in [-0.25, -0.2) is 27.2 Å². The Labute approximate surface area is 134 Å². The van der Waals surface area contributed by atoms with Crippen molar-refractivity contribution in [3.63, 3.8) is 0 Å². The summed E-state index contributed by atoms with van der Waals surface area (Å²) in [4.78, 5) is 4.47. The van der Waals surface area contributed by atoms with Crippen molar-refractivity contribution >= 4 is 10.0 Å². The van der Waals surface area contributed by atoms with E-state index in [-0.39, 0.29) is 18.2 Å². The van der Waals surface area contributed by atoms with Gasteiger partial charge in [-0.2, -0.15) is 5.10 Å². The third-order valence-electron chi connectivity index (χ3n) is 3.98. The Bertz CT molecular complexity index is 798. The second kappa shape index (κ2) is 6.37. The lowest BCUT2D eigenvalue weighted by molar-refractivity contribution is 0.581. The maximum Gasteiger partial charge on any atom is 0.209 e. The summed E-state index contributed by atoms with van der Waals surface area (Å²) < 4.78 is 40.6. The maximum atomic E-state index is 14.1. The molecule has 1 aromatic carbocycles. The van der Waals surface area contributed by atoms with Gasteiger partial charge in [0.25, 0.3) is 0 Å². The predicted octanol–water partition coefficient (Wildman–Crippen LogP) is 2.11. The van der Waals surface area contributed by atoms with E-state index in [1.54, 1.807) is 18.2 Å². The van der Waals surface area contributed by atoms with E-state index in [4.69, 9.17) is 0 Å². The van der Waals surface area contributed by atoms with Gasteiger partial charge in [-0.1, -0.05) is 25.0 Å². The van der Waals surface area contributed by atoms with E-state index < -0.39 is 15.8 Å². The van der Waals surface area contributed by atoms with Crippen molar-refractivity contribution in [3.8, 4) is 5.69 Å². The number of hydrogen-bond donors (Lipinski definition) is 1. The van der Waals surface area contributed by atoms with Crippen LogP contribution in [0.1, 0.15) is 43.3 Å². The molecule has 0 unspecified atom stereocenters. The Kier molecular flexibility index (Phi) is 4.45. The zero-order chi connectivity index (χ0) is 16.4. The summed E-state index contributed by atoms with van der Waals surface area (Å²) in [7, 11) is -3.37. The fourth-order valence-corrected chi connectivity index (χ4v) is 3.24. The molecule has 1 fully saturated rings. The van der Waals surface area contributed by atoms with Crippen LogP contribution in [-0.4, -0.2) is 29.4 Å². The van der Waals surface area contributed by atoms with Crippen molar-refractivity contribution in [2.75, 3.05) is 6.26 Å². The number of nitrogens with one attached hydrogen (secondary N) is 1. The molecule has 124 valence electrons. The van der Waals surface area contributed by atoms with Crippen LogP contribution in [0.5, 0.6) is 0 Å². The van der Waals surface area contributed by atoms with Crippen LogP contribution in [0.4, 0.5) is 4.39 Å². The molecular formula is C15H19FN4O2S. The summed E-state index contributed by atoms with van der Waals surface area (Å²) >= 11 is 0. The van der Waals surface area contributed by atoms with Gasteiger partial charge in [0.15, 0.2) is 5.82 Å². The molecule has 1 aliphatic rings. The molecular weight excluding hydrogens is 319 g/mol. The highest BCUT2D eigenvalue weighted by Gasteiger charge is 2.24. The number of hydrogen-bond acceptors (Lipinski definition) is 4. The summed E-state index contributed by atoms with van der Waals surface area (Å²) in [5, 5.41) is 4.45. The first-order valence-corrected chi connectivity index (χ1v) is 9.48. The van der Waals surface area contributed by atoms with Crippen molar-refractivity contribution in [3.05, 3.63) is 41.7 Å². The average Bonchev–Trinajstić information content (AvgIpc) is 3.14. The molecule has 0 atom stereocenters. The summed E-state index contributed by atoms with van der Waals surface area (Å²) in [6.07, 6.45) is 5.38. The van der Waals surface area contributed by atoms with Gasteiger partial charge in [0.1, 0.15) is 17.3 Å². The lowest BCUT2D eigenvalue weighted by Crippen LogP contribution is -2.23. The Hall–Kier alpha value is -1.80. The fourth-order valence-electron chi connectivity index (χ4n) is 2.85. The molecule has 23 heavy (non-hydrogen) atoms. The third-order valence-corrected chi connectivity index (χ3v) is 4.65. The molecule has 0 aliphatic heterocycles. The van der Waals surface area contributed by atoms with Crippen LogP contribution in [0.2, 0.25) is 0 Å². The van der Waals surface area contributed by atoms with Crippen molar-refractivity contribution in [1.29, 1.82) is 0 Å². The lowest BCUT2D eigenvalue weighted by atomic mass is 10.1. The minimum Gasteiger partial charge on any atom is -0.214 e. The molecule has 0 radical (unpaired) electrons. The number of para-hydroxylation sites is 1. The number of nitrogens with zero attached hydrogens (tertiary/aromatic N) is 3. The van der Waals surface area contributed by atoms with E-state index in [9.17, 15) is 12.8 Å². The number of halogens is 1. The first-order chi connectivity index (χ1) is 10.9. The van der Waals surface area contributed by atoms with Gasteiger partial charge in [-0.05, 0) is 25.0 Å². The number of benzene rings is 1. The minimum atomic E-state index is -3.37. The standard InChI is InChI=1S/C15H19FN4O2S/c1-23(21,22)17-10-14-18-15(11-6-2-3-7-11)19-20(14)13-9-5-4-8-12(13)16/h4-5,8-9,11,17H,2-3,6-7,10H2,1H3. The van der Waals surface area contributed by atoms with Crippen molar-refractivity contribution in [1.82, 2.24) is 19.5 Å². The fraction of sp³-hybridized carbons (Fsp3) is 0.467. The molecule has 0 saturated heterocycles. The molecule has 1 N–H and O–H groups in total. The van der Waals surface area contributed by atoms with Crippen LogP contribution in [-0.2, 0) is 16.6 Å². The van der Waals surface area contributed by atoms with Crippen LogP contribution < -0.4 is 4.72 Å². The van der Waals surface area contributed by atoms with Crippen LogP contribution in [0.3, 0.4) is 0 Å². The van der Waals surface area contributed by atoms with Crippen LogP contribution >= 0.6 is 0 Å². The largest absolute Gasteiger partial charge is 0.214 e. The molecule has 0 amide bonds. The van der Waals surface area contributed by atoms with Gasteiger partial charge < -0.3 is 0 Å². The maximum absolute atomic E-state index is 14.1. The van der Waals surface area contributed by atoms with Gasteiger partial charge in [-0.3, -0.25) is 0 Å². The smallest absolute Gasteiger partial charge is 0.209 e. The zero-order valence-electron chi connectivity index (χ0n) is 12.9. The molecule has 0 spiro atoms. The highest BCUT2D eigenvalue weighted by Crippen LogP contribution is 2.32. The number of sulfonamides is 1. The van der Waals surface area contributed by atoms with E-state index in [0.717, 1.165) is 31.9 Å². The Morgan fingerprint density at radius 3 is 2.65 bits per heavy atom. The van der Waals surface area contributed by atoms with E-state index >= 15 is 0 Å². The Balaban J connectivity index is 1.99.